The molecular weight excluding hydrogens is 379 g/mol. The van der Waals surface area contributed by atoms with Crippen LogP contribution in [0, 0.1) is 23.7 Å². The number of hydrogen-bond donors (Lipinski definition) is 0. The van der Waals surface area contributed by atoms with Crippen molar-refractivity contribution < 1.29 is 0 Å². The van der Waals surface area contributed by atoms with Crippen LogP contribution >= 0.6 is 22.6 Å². The van der Waals surface area contributed by atoms with Crippen molar-refractivity contribution in [2.75, 3.05) is 0 Å². The lowest BCUT2D eigenvalue weighted by Gasteiger charge is -2.38. The maximum Gasteiger partial charge on any atom is 0.0116 e. The lowest BCUT2D eigenvalue weighted by atomic mass is 9.68. The van der Waals surface area contributed by atoms with E-state index in [1.807, 2.05) is 0 Å². The highest BCUT2D eigenvalue weighted by Gasteiger charge is 2.31. The Bertz CT molecular complexity index is 377. The fourth-order valence-electron chi connectivity index (χ4n) is 4.64. The summed E-state index contributed by atoms with van der Waals surface area (Å²) in [6.07, 6.45) is 15.4. The molecule has 0 aromatic heterocycles. The summed E-state index contributed by atoms with van der Waals surface area (Å²) >= 11 is 2.53. The molecule has 1 atom stereocenters. The number of halogens is 1. The molecule has 1 heteroatoms. The molecule has 2 fully saturated rings. The molecule has 0 nitrogen and oxygen atoms in total. The lowest BCUT2D eigenvalue weighted by molar-refractivity contribution is 0.158. The summed E-state index contributed by atoms with van der Waals surface area (Å²) in [5.41, 5.74) is 2.89. The number of alkyl halides is 1. The first-order chi connectivity index (χ1) is 10.5. The second-order valence-corrected chi connectivity index (χ2v) is 10.2. The largest absolute Gasteiger partial charge is 0.0958 e. The smallest absolute Gasteiger partial charge is 0.0116 e. The van der Waals surface area contributed by atoms with E-state index in [1.54, 1.807) is 5.57 Å². The Morgan fingerprint density at radius 2 is 1.55 bits per heavy atom. The van der Waals surface area contributed by atoms with Crippen molar-refractivity contribution in [1.82, 2.24) is 0 Å². The van der Waals surface area contributed by atoms with E-state index in [4.69, 9.17) is 0 Å². The maximum atomic E-state index is 4.26. The van der Waals surface area contributed by atoms with Crippen LogP contribution in [-0.2, 0) is 0 Å². The highest BCUT2D eigenvalue weighted by Crippen LogP contribution is 2.43. The third kappa shape index (κ3) is 5.39. The van der Waals surface area contributed by atoms with Crippen molar-refractivity contribution in [1.29, 1.82) is 0 Å². The molecule has 126 valence electrons. The summed E-state index contributed by atoms with van der Waals surface area (Å²) in [4.78, 5) is 0. The number of hydrogen-bond acceptors (Lipinski definition) is 0. The lowest BCUT2D eigenvalue weighted by Crippen LogP contribution is -2.26. The molecule has 0 saturated heterocycles. The van der Waals surface area contributed by atoms with E-state index in [0.717, 1.165) is 27.6 Å². The summed E-state index contributed by atoms with van der Waals surface area (Å²) in [7, 11) is 0. The molecule has 0 heterocycles. The van der Waals surface area contributed by atoms with Gasteiger partial charge in [0, 0.05) is 3.92 Å². The van der Waals surface area contributed by atoms with Crippen LogP contribution in [0.5, 0.6) is 0 Å². The van der Waals surface area contributed by atoms with Gasteiger partial charge in [0.2, 0.25) is 0 Å². The highest BCUT2D eigenvalue weighted by atomic mass is 127. The van der Waals surface area contributed by atoms with E-state index >= 15 is 0 Å². The minimum absolute atomic E-state index is 0.729. The van der Waals surface area contributed by atoms with Crippen molar-refractivity contribution in [3.63, 3.8) is 0 Å². The average molecular weight is 414 g/mol. The van der Waals surface area contributed by atoms with E-state index < -0.39 is 0 Å². The average Bonchev–Trinajstić information content (AvgIpc) is 2.48. The number of rotatable bonds is 5. The Morgan fingerprint density at radius 1 is 1.05 bits per heavy atom. The molecule has 2 rings (SSSR count). The highest BCUT2D eigenvalue weighted by molar-refractivity contribution is 14.1. The molecule has 0 aromatic carbocycles. The molecule has 0 amide bonds. The van der Waals surface area contributed by atoms with Gasteiger partial charge in [-0.3, -0.25) is 0 Å². The summed E-state index contributed by atoms with van der Waals surface area (Å²) in [6.45, 7) is 11.2. The molecule has 0 spiro atoms. The molecule has 2 saturated carbocycles. The quantitative estimate of drug-likeness (QED) is 0.251. The van der Waals surface area contributed by atoms with Gasteiger partial charge in [0.05, 0.1) is 0 Å². The third-order valence-electron chi connectivity index (χ3n) is 6.09. The fraction of sp³-hybridized carbons (Fsp3) is 0.810. The van der Waals surface area contributed by atoms with Crippen LogP contribution < -0.4 is 0 Å². The van der Waals surface area contributed by atoms with E-state index in [-0.39, 0.29) is 0 Å². The van der Waals surface area contributed by atoms with Gasteiger partial charge in [-0.25, -0.2) is 0 Å². The van der Waals surface area contributed by atoms with E-state index in [2.05, 4.69) is 56.0 Å². The molecule has 0 aliphatic heterocycles. The minimum atomic E-state index is 0.729. The molecule has 0 bridgehead atoms. The van der Waals surface area contributed by atoms with Crippen LogP contribution in [0.4, 0.5) is 0 Å². The predicted octanol–water partition coefficient (Wildman–Crippen LogP) is 7.34. The fourth-order valence-corrected chi connectivity index (χ4v) is 4.89. The second-order valence-electron chi connectivity index (χ2n) is 8.09. The van der Waals surface area contributed by atoms with Crippen molar-refractivity contribution >= 4 is 22.6 Å². The first-order valence-corrected chi connectivity index (χ1v) is 10.7. The summed E-state index contributed by atoms with van der Waals surface area (Å²) in [5, 5.41) is 0. The molecular formula is C21H35I. The number of allylic oxidation sites excluding steroid dienone is 3. The van der Waals surface area contributed by atoms with Gasteiger partial charge in [0.25, 0.3) is 0 Å². The van der Waals surface area contributed by atoms with Gasteiger partial charge >= 0.3 is 0 Å². The Kier molecular flexibility index (Phi) is 7.50. The van der Waals surface area contributed by atoms with Gasteiger partial charge in [-0.05, 0) is 81.1 Å². The van der Waals surface area contributed by atoms with Gasteiger partial charge < -0.3 is 0 Å². The van der Waals surface area contributed by atoms with Crippen LogP contribution in [-0.4, -0.2) is 3.92 Å². The van der Waals surface area contributed by atoms with Gasteiger partial charge in [-0.2, -0.15) is 0 Å². The van der Waals surface area contributed by atoms with Crippen molar-refractivity contribution in [2.45, 2.75) is 82.5 Å². The minimum Gasteiger partial charge on any atom is -0.0958 e. The summed E-state index contributed by atoms with van der Waals surface area (Å²) in [6, 6.07) is 0. The van der Waals surface area contributed by atoms with Crippen LogP contribution in [0.1, 0.15) is 78.6 Å². The van der Waals surface area contributed by atoms with E-state index in [1.165, 1.54) is 63.4 Å². The monoisotopic (exact) mass is 414 g/mol. The maximum absolute atomic E-state index is 4.26. The predicted molar refractivity (Wildman–Crippen MR) is 108 cm³/mol. The third-order valence-corrected chi connectivity index (χ3v) is 6.60. The molecule has 0 aromatic rings. The zero-order valence-corrected chi connectivity index (χ0v) is 17.1. The molecule has 22 heavy (non-hydrogen) atoms. The Morgan fingerprint density at radius 3 is 2.00 bits per heavy atom. The Balaban J connectivity index is 1.87. The molecule has 2 aliphatic rings. The van der Waals surface area contributed by atoms with Crippen LogP contribution in [0.3, 0.4) is 0 Å². The van der Waals surface area contributed by atoms with Crippen molar-refractivity contribution in [2.24, 2.45) is 23.7 Å². The normalized spacial score (nSPS) is 35.2. The van der Waals surface area contributed by atoms with Crippen LogP contribution in [0.2, 0.25) is 0 Å². The summed E-state index contributed by atoms with van der Waals surface area (Å²) in [5.74, 6) is 3.86. The Labute approximate surface area is 152 Å². The van der Waals surface area contributed by atoms with Crippen LogP contribution in [0.25, 0.3) is 0 Å². The standard InChI is InChI=1S/C21H35I/c1-15(2)21(14-7-17(4)22)20-12-10-19(11-13-20)18-8-5-16(3)6-9-18/h14,16-20H,1,5-13H2,2-4H3/b21-14+. The molecule has 0 N–H and O–H groups in total. The summed E-state index contributed by atoms with van der Waals surface area (Å²) < 4.78 is 0.729. The topological polar surface area (TPSA) is 0 Å². The van der Waals surface area contributed by atoms with E-state index in [9.17, 15) is 0 Å². The Hall–Kier alpha value is 0.210. The first kappa shape index (κ1) is 18.5. The zero-order valence-electron chi connectivity index (χ0n) is 14.9. The zero-order chi connectivity index (χ0) is 16.1. The van der Waals surface area contributed by atoms with Gasteiger partial charge in [0.15, 0.2) is 0 Å². The van der Waals surface area contributed by atoms with E-state index in [0.29, 0.717) is 0 Å². The van der Waals surface area contributed by atoms with Gasteiger partial charge in [-0.1, -0.05) is 67.5 Å². The van der Waals surface area contributed by atoms with Crippen molar-refractivity contribution in [3.8, 4) is 0 Å². The van der Waals surface area contributed by atoms with Crippen LogP contribution in [0.15, 0.2) is 23.8 Å². The van der Waals surface area contributed by atoms with Gasteiger partial charge in [0.1, 0.15) is 0 Å². The molecule has 0 radical (unpaired) electrons. The SMILES string of the molecule is C=C(C)/C(=C\CC(C)I)C1CCC(C2CCC(C)CC2)CC1. The first-order valence-electron chi connectivity index (χ1n) is 9.47. The van der Waals surface area contributed by atoms with Gasteiger partial charge in [-0.15, -0.1) is 0 Å². The molecule has 1 unspecified atom stereocenters. The van der Waals surface area contributed by atoms with Crippen molar-refractivity contribution in [3.05, 3.63) is 23.8 Å². The molecule has 2 aliphatic carbocycles. The second kappa shape index (κ2) is 8.89.